The first-order valence-electron chi connectivity index (χ1n) is 7.08. The van der Waals surface area contributed by atoms with Crippen molar-refractivity contribution in [2.75, 3.05) is 45.3 Å². The summed E-state index contributed by atoms with van der Waals surface area (Å²) in [6.07, 6.45) is 2.40. The predicted octanol–water partition coefficient (Wildman–Crippen LogP) is 1.07. The molecule has 0 spiro atoms. The van der Waals surface area contributed by atoms with Crippen LogP contribution < -0.4 is 9.64 Å². The summed E-state index contributed by atoms with van der Waals surface area (Å²) in [5.74, 6) is 0.124. The first-order chi connectivity index (χ1) is 10.7. The van der Waals surface area contributed by atoms with E-state index in [-0.39, 0.29) is 5.91 Å². The molecule has 1 aromatic carbocycles. The molecule has 0 atom stereocenters. The van der Waals surface area contributed by atoms with Crippen molar-refractivity contribution in [3.63, 3.8) is 0 Å². The molecule has 1 heterocycles. The number of carbonyl (C=O) groups is 2. The van der Waals surface area contributed by atoms with Crippen LogP contribution in [0, 0.1) is 0 Å². The number of piperazine rings is 1. The zero-order valence-corrected chi connectivity index (χ0v) is 12.8. The van der Waals surface area contributed by atoms with Gasteiger partial charge in [-0.2, -0.15) is 0 Å². The Kier molecular flexibility index (Phi) is 5.41. The topological polar surface area (TPSA) is 59.1 Å². The molecule has 1 fully saturated rings. The molecule has 118 valence electrons. The summed E-state index contributed by atoms with van der Waals surface area (Å²) in [5, 5.41) is 0. The molecule has 1 aliphatic heterocycles. The SMILES string of the molecule is COC(=O)/C=C\C(=O)N1CCN(c2ccccc2OC)CC1. The third-order valence-corrected chi connectivity index (χ3v) is 3.58. The van der Waals surface area contributed by atoms with E-state index in [1.54, 1.807) is 12.0 Å². The Bertz CT molecular complexity index is 563. The van der Waals surface area contributed by atoms with Crippen LogP contribution in [-0.2, 0) is 14.3 Å². The summed E-state index contributed by atoms with van der Waals surface area (Å²) < 4.78 is 9.84. The molecule has 1 saturated heterocycles. The van der Waals surface area contributed by atoms with Crippen molar-refractivity contribution in [2.24, 2.45) is 0 Å². The van der Waals surface area contributed by atoms with E-state index in [0.29, 0.717) is 13.1 Å². The van der Waals surface area contributed by atoms with Gasteiger partial charge in [0, 0.05) is 38.3 Å². The Balaban J connectivity index is 1.94. The van der Waals surface area contributed by atoms with Crippen LogP contribution in [-0.4, -0.2) is 57.2 Å². The van der Waals surface area contributed by atoms with Crippen molar-refractivity contribution in [3.8, 4) is 5.75 Å². The maximum Gasteiger partial charge on any atom is 0.330 e. The first kappa shape index (κ1) is 15.9. The van der Waals surface area contributed by atoms with Crippen molar-refractivity contribution < 1.29 is 19.1 Å². The number of hydrogen-bond acceptors (Lipinski definition) is 5. The van der Waals surface area contributed by atoms with E-state index in [1.165, 1.54) is 13.2 Å². The molecule has 0 aliphatic carbocycles. The third-order valence-electron chi connectivity index (χ3n) is 3.58. The second kappa shape index (κ2) is 7.49. The highest BCUT2D eigenvalue weighted by Crippen LogP contribution is 2.28. The fourth-order valence-electron chi connectivity index (χ4n) is 2.37. The quantitative estimate of drug-likeness (QED) is 0.615. The maximum absolute atomic E-state index is 12.0. The van der Waals surface area contributed by atoms with Gasteiger partial charge in [0.05, 0.1) is 19.9 Å². The molecule has 6 nitrogen and oxygen atoms in total. The molecule has 0 radical (unpaired) electrons. The Morgan fingerprint density at radius 2 is 1.73 bits per heavy atom. The van der Waals surface area contributed by atoms with E-state index in [4.69, 9.17) is 4.74 Å². The van der Waals surface area contributed by atoms with Gasteiger partial charge in [0.15, 0.2) is 0 Å². The monoisotopic (exact) mass is 304 g/mol. The number of methoxy groups -OCH3 is 2. The van der Waals surface area contributed by atoms with Crippen LogP contribution in [0.2, 0.25) is 0 Å². The van der Waals surface area contributed by atoms with Crippen molar-refractivity contribution in [3.05, 3.63) is 36.4 Å². The van der Waals surface area contributed by atoms with Gasteiger partial charge in [0.2, 0.25) is 5.91 Å². The van der Waals surface area contributed by atoms with Gasteiger partial charge in [-0.3, -0.25) is 4.79 Å². The summed E-state index contributed by atoms with van der Waals surface area (Å²) in [4.78, 5) is 26.9. The van der Waals surface area contributed by atoms with E-state index in [0.717, 1.165) is 30.6 Å². The normalized spacial score (nSPS) is 15.0. The van der Waals surface area contributed by atoms with E-state index in [1.807, 2.05) is 24.3 Å². The summed E-state index contributed by atoms with van der Waals surface area (Å²) in [6.45, 7) is 2.64. The third kappa shape index (κ3) is 3.78. The lowest BCUT2D eigenvalue weighted by Gasteiger charge is -2.36. The molecule has 1 amide bonds. The molecule has 6 heteroatoms. The highest BCUT2D eigenvalue weighted by atomic mass is 16.5. The Labute approximate surface area is 129 Å². The Hall–Kier alpha value is -2.50. The van der Waals surface area contributed by atoms with Crippen molar-refractivity contribution in [1.82, 2.24) is 4.90 Å². The van der Waals surface area contributed by atoms with E-state index in [9.17, 15) is 9.59 Å². The molecule has 0 bridgehead atoms. The molecular weight excluding hydrogens is 284 g/mol. The van der Waals surface area contributed by atoms with Gasteiger partial charge in [-0.05, 0) is 12.1 Å². The summed E-state index contributed by atoms with van der Waals surface area (Å²) >= 11 is 0. The van der Waals surface area contributed by atoms with Gasteiger partial charge in [0.1, 0.15) is 5.75 Å². The lowest BCUT2D eigenvalue weighted by atomic mass is 10.2. The number of hydrogen-bond donors (Lipinski definition) is 0. The fraction of sp³-hybridized carbons (Fsp3) is 0.375. The zero-order valence-electron chi connectivity index (χ0n) is 12.8. The van der Waals surface area contributed by atoms with Crippen molar-refractivity contribution in [2.45, 2.75) is 0 Å². The first-order valence-corrected chi connectivity index (χ1v) is 7.08. The number of rotatable bonds is 4. The predicted molar refractivity (Wildman–Crippen MR) is 82.9 cm³/mol. The number of ether oxygens (including phenoxy) is 2. The smallest absolute Gasteiger partial charge is 0.330 e. The zero-order chi connectivity index (χ0) is 15.9. The lowest BCUT2D eigenvalue weighted by molar-refractivity contribution is -0.135. The summed E-state index contributed by atoms with van der Waals surface area (Å²) in [7, 11) is 2.93. The molecule has 1 aliphatic rings. The van der Waals surface area contributed by atoms with Crippen LogP contribution in [0.1, 0.15) is 0 Å². The van der Waals surface area contributed by atoms with Gasteiger partial charge >= 0.3 is 5.97 Å². The van der Waals surface area contributed by atoms with Gasteiger partial charge in [0.25, 0.3) is 0 Å². The molecule has 0 aromatic heterocycles. The van der Waals surface area contributed by atoms with E-state index < -0.39 is 5.97 Å². The molecule has 0 unspecified atom stereocenters. The number of esters is 1. The number of amides is 1. The highest BCUT2D eigenvalue weighted by molar-refractivity contribution is 5.94. The van der Waals surface area contributed by atoms with Crippen LogP contribution in [0.25, 0.3) is 0 Å². The molecule has 1 aromatic rings. The average Bonchev–Trinajstić information content (AvgIpc) is 2.59. The van der Waals surface area contributed by atoms with Crippen LogP contribution >= 0.6 is 0 Å². The van der Waals surface area contributed by atoms with E-state index >= 15 is 0 Å². The Morgan fingerprint density at radius 3 is 2.36 bits per heavy atom. The highest BCUT2D eigenvalue weighted by Gasteiger charge is 2.21. The van der Waals surface area contributed by atoms with Crippen LogP contribution in [0.4, 0.5) is 5.69 Å². The summed E-state index contributed by atoms with van der Waals surface area (Å²) in [6, 6.07) is 7.83. The molecule has 22 heavy (non-hydrogen) atoms. The molecule has 2 rings (SSSR count). The van der Waals surface area contributed by atoms with Gasteiger partial charge in [-0.25, -0.2) is 4.79 Å². The number of carbonyl (C=O) groups excluding carboxylic acids is 2. The maximum atomic E-state index is 12.0. The molecule has 0 saturated carbocycles. The second-order valence-electron chi connectivity index (χ2n) is 4.84. The van der Waals surface area contributed by atoms with Gasteiger partial charge in [-0.1, -0.05) is 12.1 Å². The fourth-order valence-corrected chi connectivity index (χ4v) is 2.37. The van der Waals surface area contributed by atoms with Crippen molar-refractivity contribution in [1.29, 1.82) is 0 Å². The number of para-hydroxylation sites is 2. The minimum absolute atomic E-state index is 0.176. The largest absolute Gasteiger partial charge is 0.495 e. The van der Waals surface area contributed by atoms with Gasteiger partial charge in [-0.15, -0.1) is 0 Å². The standard InChI is InChI=1S/C16H20N2O4/c1-21-14-6-4-3-5-13(14)17-9-11-18(12-10-17)15(19)7-8-16(20)22-2/h3-8H,9-12H2,1-2H3/b8-7-. The Morgan fingerprint density at radius 1 is 1.05 bits per heavy atom. The van der Waals surface area contributed by atoms with E-state index in [2.05, 4.69) is 9.64 Å². The number of nitrogens with zero attached hydrogens (tertiary/aromatic N) is 2. The van der Waals surface area contributed by atoms with Crippen LogP contribution in [0.5, 0.6) is 5.75 Å². The molecule has 0 N–H and O–H groups in total. The minimum atomic E-state index is -0.527. The van der Waals surface area contributed by atoms with Gasteiger partial charge < -0.3 is 19.3 Å². The lowest BCUT2D eigenvalue weighted by Crippen LogP contribution is -2.48. The molecular formula is C16H20N2O4. The average molecular weight is 304 g/mol. The van der Waals surface area contributed by atoms with Crippen LogP contribution in [0.3, 0.4) is 0 Å². The van der Waals surface area contributed by atoms with Crippen LogP contribution in [0.15, 0.2) is 36.4 Å². The minimum Gasteiger partial charge on any atom is -0.495 e. The number of anilines is 1. The number of benzene rings is 1. The van der Waals surface area contributed by atoms with Crippen molar-refractivity contribution >= 4 is 17.6 Å². The summed E-state index contributed by atoms with van der Waals surface area (Å²) in [5.41, 5.74) is 1.03. The second-order valence-corrected chi connectivity index (χ2v) is 4.84.